The highest BCUT2D eigenvalue weighted by Crippen LogP contribution is 2.38. The predicted octanol–water partition coefficient (Wildman–Crippen LogP) is 5.61. The van der Waals surface area contributed by atoms with Crippen LogP contribution in [-0.2, 0) is 4.79 Å². The first-order valence-corrected chi connectivity index (χ1v) is 13.5. The molecule has 40 heavy (non-hydrogen) atoms. The van der Waals surface area contributed by atoms with E-state index in [1.54, 1.807) is 6.07 Å². The normalized spacial score (nSPS) is 15.1. The first kappa shape index (κ1) is 24.0. The van der Waals surface area contributed by atoms with Crippen LogP contribution in [0.2, 0.25) is 0 Å². The summed E-state index contributed by atoms with van der Waals surface area (Å²) < 4.78 is 13.7. The van der Waals surface area contributed by atoms with Gasteiger partial charge in [-0.2, -0.15) is 9.50 Å². The van der Waals surface area contributed by atoms with E-state index >= 15 is 0 Å². The average Bonchev–Trinajstić information content (AvgIpc) is 3.51. The maximum Gasteiger partial charge on any atom is 0.308 e. The van der Waals surface area contributed by atoms with Crippen molar-refractivity contribution in [3.63, 3.8) is 0 Å². The number of ether oxygens (including phenoxy) is 2. The SMILES string of the molecule is CC(=O)Oc1ccc2ccccc2c1-c1nc2s/c(=C/C3=Cc4ccccc4OC3c3ccccc3)c(=O)n2n1. The molecule has 0 bridgehead atoms. The van der Waals surface area contributed by atoms with Crippen molar-refractivity contribution in [2.24, 2.45) is 0 Å². The first-order valence-electron chi connectivity index (χ1n) is 12.7. The molecule has 0 N–H and O–H groups in total. The van der Waals surface area contributed by atoms with Crippen molar-refractivity contribution in [1.29, 1.82) is 0 Å². The molecule has 1 aliphatic heterocycles. The fraction of sp³-hybridized carbons (Fsp3) is 0.0625. The van der Waals surface area contributed by atoms with E-state index in [-0.39, 0.29) is 11.7 Å². The molecular formula is C32H21N3O4S. The molecular weight excluding hydrogens is 522 g/mol. The van der Waals surface area contributed by atoms with Gasteiger partial charge in [-0.3, -0.25) is 9.59 Å². The van der Waals surface area contributed by atoms with Crippen molar-refractivity contribution in [3.8, 4) is 22.9 Å². The van der Waals surface area contributed by atoms with Gasteiger partial charge in [0, 0.05) is 12.5 Å². The fourth-order valence-electron chi connectivity index (χ4n) is 4.98. The van der Waals surface area contributed by atoms with Crippen LogP contribution in [-0.4, -0.2) is 20.6 Å². The van der Waals surface area contributed by atoms with E-state index in [1.807, 2.05) is 91.0 Å². The van der Waals surface area contributed by atoms with Gasteiger partial charge in [0.25, 0.3) is 5.56 Å². The van der Waals surface area contributed by atoms with E-state index in [0.717, 1.165) is 33.2 Å². The Kier molecular flexibility index (Phi) is 5.75. The number of hydrogen-bond donors (Lipinski definition) is 0. The molecule has 3 heterocycles. The number of rotatable bonds is 4. The standard InChI is InChI=1S/C32H21N3O4S/c1-19(36)38-26-16-15-20-9-5-7-13-24(20)28(26)30-33-32-35(34-30)31(37)27(40-32)18-23-17-22-12-6-8-14-25(22)39-29(23)21-10-3-2-4-11-21/h2-18,29H,1H3/b27-18+. The second kappa shape index (κ2) is 9.59. The Hall–Kier alpha value is -5.08. The van der Waals surface area contributed by atoms with Crippen molar-refractivity contribution < 1.29 is 14.3 Å². The molecule has 0 radical (unpaired) electrons. The van der Waals surface area contributed by atoms with Crippen molar-refractivity contribution in [2.75, 3.05) is 0 Å². The van der Waals surface area contributed by atoms with Gasteiger partial charge in [0.1, 0.15) is 17.6 Å². The van der Waals surface area contributed by atoms with E-state index < -0.39 is 5.97 Å². The Balaban J connectivity index is 1.37. The lowest BCUT2D eigenvalue weighted by atomic mass is 9.96. The van der Waals surface area contributed by atoms with E-state index in [0.29, 0.717) is 26.6 Å². The van der Waals surface area contributed by atoms with Crippen LogP contribution >= 0.6 is 11.3 Å². The van der Waals surface area contributed by atoms with Crippen molar-refractivity contribution in [1.82, 2.24) is 14.6 Å². The van der Waals surface area contributed by atoms with E-state index in [1.165, 1.54) is 22.8 Å². The molecule has 0 aliphatic carbocycles. The van der Waals surface area contributed by atoms with Crippen LogP contribution in [0.3, 0.4) is 0 Å². The number of fused-ring (bicyclic) bond motifs is 3. The molecule has 7 rings (SSSR count). The number of carbonyl (C=O) groups is 1. The number of benzene rings is 4. The number of esters is 1. The Bertz CT molecular complexity index is 2080. The summed E-state index contributed by atoms with van der Waals surface area (Å²) in [6.07, 6.45) is 3.55. The zero-order valence-electron chi connectivity index (χ0n) is 21.3. The molecule has 8 heteroatoms. The number of aromatic nitrogens is 3. The lowest BCUT2D eigenvalue weighted by molar-refractivity contribution is -0.131. The molecule has 1 aliphatic rings. The molecule has 7 nitrogen and oxygen atoms in total. The van der Waals surface area contributed by atoms with Gasteiger partial charge in [-0.25, -0.2) is 0 Å². The van der Waals surface area contributed by atoms with Gasteiger partial charge in [-0.1, -0.05) is 90.2 Å². The summed E-state index contributed by atoms with van der Waals surface area (Å²) in [5.41, 5.74) is 3.09. The molecule has 0 saturated heterocycles. The number of thiazole rings is 1. The van der Waals surface area contributed by atoms with Gasteiger partial charge in [-0.15, -0.1) is 5.10 Å². The highest BCUT2D eigenvalue weighted by atomic mass is 32.1. The van der Waals surface area contributed by atoms with Crippen LogP contribution in [0, 0.1) is 0 Å². The molecule has 2 aromatic heterocycles. The summed E-state index contributed by atoms with van der Waals surface area (Å²) in [5, 5.41) is 6.34. The second-order valence-electron chi connectivity index (χ2n) is 9.39. The number of para-hydroxylation sites is 1. The van der Waals surface area contributed by atoms with E-state index in [9.17, 15) is 9.59 Å². The zero-order chi connectivity index (χ0) is 27.2. The largest absolute Gasteiger partial charge is 0.480 e. The van der Waals surface area contributed by atoms with Crippen LogP contribution in [0.25, 0.3) is 39.3 Å². The molecule has 6 aromatic rings. The van der Waals surface area contributed by atoms with Crippen LogP contribution in [0.1, 0.15) is 24.2 Å². The van der Waals surface area contributed by atoms with Gasteiger partial charge >= 0.3 is 5.97 Å². The summed E-state index contributed by atoms with van der Waals surface area (Å²) in [6, 6.07) is 29.1. The molecule has 1 unspecified atom stereocenters. The highest BCUT2D eigenvalue weighted by molar-refractivity contribution is 7.15. The summed E-state index contributed by atoms with van der Waals surface area (Å²) in [4.78, 5) is 30.5. The average molecular weight is 544 g/mol. The number of carbonyl (C=O) groups excluding carboxylic acids is 1. The lowest BCUT2D eigenvalue weighted by Gasteiger charge is -2.26. The summed E-state index contributed by atoms with van der Waals surface area (Å²) in [6.45, 7) is 1.35. The van der Waals surface area contributed by atoms with Crippen LogP contribution in [0.4, 0.5) is 0 Å². The minimum absolute atomic E-state index is 0.278. The first-order chi connectivity index (χ1) is 19.5. The quantitative estimate of drug-likeness (QED) is 0.212. The molecule has 4 aromatic carbocycles. The second-order valence-corrected chi connectivity index (χ2v) is 10.4. The minimum Gasteiger partial charge on any atom is -0.480 e. The van der Waals surface area contributed by atoms with Gasteiger partial charge < -0.3 is 9.47 Å². The minimum atomic E-state index is -0.448. The van der Waals surface area contributed by atoms with E-state index in [2.05, 4.69) is 11.2 Å². The van der Waals surface area contributed by atoms with Gasteiger partial charge in [0.15, 0.2) is 5.82 Å². The Morgan fingerprint density at radius 2 is 1.75 bits per heavy atom. The Morgan fingerprint density at radius 1 is 0.975 bits per heavy atom. The van der Waals surface area contributed by atoms with Gasteiger partial charge in [0.2, 0.25) is 4.96 Å². The Labute approximate surface area is 232 Å². The number of hydrogen-bond acceptors (Lipinski definition) is 7. The monoisotopic (exact) mass is 543 g/mol. The fourth-order valence-corrected chi connectivity index (χ4v) is 5.88. The van der Waals surface area contributed by atoms with Gasteiger partial charge in [-0.05, 0) is 46.2 Å². The summed E-state index contributed by atoms with van der Waals surface area (Å²) in [5.74, 6) is 1.01. The molecule has 0 amide bonds. The third kappa shape index (κ3) is 4.15. The molecule has 0 spiro atoms. The Morgan fingerprint density at radius 3 is 2.58 bits per heavy atom. The van der Waals surface area contributed by atoms with Crippen molar-refractivity contribution in [2.45, 2.75) is 13.0 Å². The van der Waals surface area contributed by atoms with Gasteiger partial charge in [0.05, 0.1) is 10.1 Å². The molecule has 0 fully saturated rings. The van der Waals surface area contributed by atoms with E-state index in [4.69, 9.17) is 14.5 Å². The smallest absolute Gasteiger partial charge is 0.308 e. The predicted molar refractivity (Wildman–Crippen MR) is 155 cm³/mol. The molecule has 0 saturated carbocycles. The van der Waals surface area contributed by atoms with Crippen LogP contribution in [0.5, 0.6) is 11.5 Å². The third-order valence-corrected chi connectivity index (χ3v) is 7.70. The zero-order valence-corrected chi connectivity index (χ0v) is 22.1. The summed E-state index contributed by atoms with van der Waals surface area (Å²) in [7, 11) is 0. The number of nitrogens with zero attached hydrogens (tertiary/aromatic N) is 3. The maximum absolute atomic E-state index is 13.5. The topological polar surface area (TPSA) is 82.8 Å². The highest BCUT2D eigenvalue weighted by Gasteiger charge is 2.24. The lowest BCUT2D eigenvalue weighted by Crippen LogP contribution is -2.25. The molecule has 1 atom stereocenters. The summed E-state index contributed by atoms with van der Waals surface area (Å²) >= 11 is 1.25. The molecule has 194 valence electrons. The van der Waals surface area contributed by atoms with Crippen LogP contribution in [0.15, 0.2) is 101 Å². The van der Waals surface area contributed by atoms with Crippen molar-refractivity contribution >= 4 is 45.2 Å². The maximum atomic E-state index is 13.5. The van der Waals surface area contributed by atoms with Crippen molar-refractivity contribution in [3.05, 3.63) is 123 Å². The third-order valence-electron chi connectivity index (χ3n) is 6.74. The van der Waals surface area contributed by atoms with Crippen LogP contribution < -0.4 is 19.6 Å².